The van der Waals surface area contributed by atoms with Crippen LogP contribution in [0, 0.1) is 0 Å². The first-order valence-electron chi connectivity index (χ1n) is 8.62. The molecule has 0 heterocycles. The first-order chi connectivity index (χ1) is 12.6. The fourth-order valence-corrected chi connectivity index (χ4v) is 2.72. The van der Waals surface area contributed by atoms with Gasteiger partial charge in [0.25, 0.3) is 0 Å². The van der Waals surface area contributed by atoms with Crippen molar-refractivity contribution >= 4 is 23.6 Å². The molecule has 6 heteroatoms. The van der Waals surface area contributed by atoms with Gasteiger partial charge in [-0.05, 0) is 48.2 Å². The molecule has 2 aromatic carbocycles. The van der Waals surface area contributed by atoms with Crippen LogP contribution in [0.2, 0.25) is 0 Å². The lowest BCUT2D eigenvalue weighted by molar-refractivity contribution is -0.140. The minimum absolute atomic E-state index is 0.187. The van der Waals surface area contributed by atoms with Crippen LogP contribution < -0.4 is 16.5 Å². The molecule has 0 bridgehead atoms. The number of esters is 1. The molecule has 0 atom stereocenters. The summed E-state index contributed by atoms with van der Waals surface area (Å²) in [4.78, 5) is 13.7. The molecule has 0 unspecified atom stereocenters. The Kier molecular flexibility index (Phi) is 7.49. The van der Waals surface area contributed by atoms with Gasteiger partial charge in [-0.25, -0.2) is 0 Å². The monoisotopic (exact) mass is 354 g/mol. The molecule has 4 N–H and O–H groups in total. The minimum atomic E-state index is -0.187. The molecule has 0 aliphatic heterocycles. The van der Waals surface area contributed by atoms with Crippen molar-refractivity contribution in [1.82, 2.24) is 0 Å². The molecule has 6 nitrogen and oxygen atoms in total. The number of benzene rings is 2. The number of hydrogen-bond donors (Lipinski definition) is 2. The summed E-state index contributed by atoms with van der Waals surface area (Å²) >= 11 is 0. The van der Waals surface area contributed by atoms with Gasteiger partial charge >= 0.3 is 5.97 Å². The van der Waals surface area contributed by atoms with Crippen LogP contribution in [0.5, 0.6) is 0 Å². The number of carbonyl (C=O) groups excluding carboxylic acids is 1. The topological polar surface area (TPSA) is 93.9 Å². The van der Waals surface area contributed by atoms with Crippen molar-refractivity contribution in [3.8, 4) is 0 Å². The maximum atomic E-state index is 11.4. The smallest absolute Gasteiger partial charge is 0.305 e. The number of carbonyl (C=O) groups is 1. The second-order valence-electron chi connectivity index (χ2n) is 6.03. The average molecular weight is 354 g/mol. The minimum Gasteiger partial charge on any atom is -0.469 e. The second-order valence-corrected chi connectivity index (χ2v) is 6.03. The Balaban J connectivity index is 2.08. The Labute approximate surface area is 154 Å². The van der Waals surface area contributed by atoms with Crippen LogP contribution in [0.3, 0.4) is 0 Å². The number of rotatable bonds is 9. The SMILES string of the molecule is COC(=O)CCCN(CCc1ccc(N)cc1)c1cccc(C=NN)c1. The normalized spacial score (nSPS) is 10.8. The molecule has 0 fully saturated rings. The van der Waals surface area contributed by atoms with E-state index in [9.17, 15) is 4.79 Å². The third-order valence-electron chi connectivity index (χ3n) is 4.15. The van der Waals surface area contributed by atoms with Crippen molar-refractivity contribution in [2.24, 2.45) is 10.9 Å². The van der Waals surface area contributed by atoms with Crippen molar-refractivity contribution in [3.05, 3.63) is 59.7 Å². The number of nitrogen functional groups attached to an aromatic ring is 1. The van der Waals surface area contributed by atoms with Crippen LogP contribution >= 0.6 is 0 Å². The van der Waals surface area contributed by atoms with Crippen LogP contribution in [0.25, 0.3) is 0 Å². The largest absolute Gasteiger partial charge is 0.469 e. The van der Waals surface area contributed by atoms with Crippen LogP contribution in [0.4, 0.5) is 11.4 Å². The fraction of sp³-hybridized carbons (Fsp3) is 0.300. The molecule has 0 saturated heterocycles. The highest BCUT2D eigenvalue weighted by atomic mass is 16.5. The Morgan fingerprint density at radius 3 is 2.65 bits per heavy atom. The lowest BCUT2D eigenvalue weighted by Gasteiger charge is -2.25. The average Bonchev–Trinajstić information content (AvgIpc) is 2.66. The maximum absolute atomic E-state index is 11.4. The van der Waals surface area contributed by atoms with Gasteiger partial charge in [0.05, 0.1) is 13.3 Å². The van der Waals surface area contributed by atoms with Gasteiger partial charge < -0.3 is 21.2 Å². The number of hydrazone groups is 1. The van der Waals surface area contributed by atoms with E-state index in [-0.39, 0.29) is 5.97 Å². The summed E-state index contributed by atoms with van der Waals surface area (Å²) in [5.74, 6) is 5.07. The lowest BCUT2D eigenvalue weighted by atomic mass is 10.1. The van der Waals surface area contributed by atoms with E-state index in [1.165, 1.54) is 12.7 Å². The van der Waals surface area contributed by atoms with Gasteiger partial charge in [-0.15, -0.1) is 0 Å². The van der Waals surface area contributed by atoms with E-state index in [2.05, 4.69) is 16.1 Å². The number of nitrogens with two attached hydrogens (primary N) is 2. The van der Waals surface area contributed by atoms with E-state index >= 15 is 0 Å². The molecule has 0 saturated carbocycles. The molecule has 2 aromatic rings. The van der Waals surface area contributed by atoms with E-state index in [1.54, 1.807) is 6.21 Å². The predicted molar refractivity (Wildman–Crippen MR) is 106 cm³/mol. The Bertz CT molecular complexity index is 729. The van der Waals surface area contributed by atoms with Crippen molar-refractivity contribution in [2.45, 2.75) is 19.3 Å². The van der Waals surface area contributed by atoms with Gasteiger partial charge in [0.1, 0.15) is 0 Å². The van der Waals surface area contributed by atoms with Crippen molar-refractivity contribution < 1.29 is 9.53 Å². The first-order valence-corrected chi connectivity index (χ1v) is 8.62. The van der Waals surface area contributed by atoms with Gasteiger partial charge in [-0.2, -0.15) is 5.10 Å². The number of methoxy groups -OCH3 is 1. The van der Waals surface area contributed by atoms with E-state index in [0.29, 0.717) is 6.42 Å². The molecule has 2 rings (SSSR count). The number of hydrogen-bond acceptors (Lipinski definition) is 6. The van der Waals surface area contributed by atoms with E-state index in [1.807, 2.05) is 42.5 Å². The zero-order valence-electron chi connectivity index (χ0n) is 15.1. The quantitative estimate of drug-likeness (QED) is 0.237. The zero-order chi connectivity index (χ0) is 18.8. The summed E-state index contributed by atoms with van der Waals surface area (Å²) in [6.45, 7) is 1.58. The van der Waals surface area contributed by atoms with Crippen LogP contribution in [0.1, 0.15) is 24.0 Å². The van der Waals surface area contributed by atoms with Gasteiger partial charge in [0.15, 0.2) is 0 Å². The molecule has 0 radical (unpaired) electrons. The molecular formula is C20H26N4O2. The van der Waals surface area contributed by atoms with E-state index in [0.717, 1.165) is 42.9 Å². The van der Waals surface area contributed by atoms with Crippen molar-refractivity contribution in [2.75, 3.05) is 30.8 Å². The third kappa shape index (κ3) is 6.12. The maximum Gasteiger partial charge on any atom is 0.305 e. The third-order valence-corrected chi connectivity index (χ3v) is 4.15. The van der Waals surface area contributed by atoms with Gasteiger partial charge in [0.2, 0.25) is 0 Å². The van der Waals surface area contributed by atoms with Crippen LogP contribution in [0.15, 0.2) is 53.6 Å². The highest BCUT2D eigenvalue weighted by Gasteiger charge is 2.09. The van der Waals surface area contributed by atoms with Gasteiger partial charge in [-0.3, -0.25) is 4.79 Å². The van der Waals surface area contributed by atoms with Crippen molar-refractivity contribution in [1.29, 1.82) is 0 Å². The molecule has 0 amide bonds. The summed E-state index contributed by atoms with van der Waals surface area (Å²) in [5.41, 5.74) is 9.74. The van der Waals surface area contributed by atoms with Crippen molar-refractivity contribution in [3.63, 3.8) is 0 Å². The Hall–Kier alpha value is -3.02. The molecule has 0 aliphatic carbocycles. The standard InChI is InChI=1S/C20H26N4O2/c1-26-20(25)6-3-12-24(13-11-16-7-9-18(21)10-8-16)19-5-2-4-17(14-19)15-23-22/h2,4-5,7-10,14-15H,3,6,11-13,21-22H2,1H3. The Morgan fingerprint density at radius 1 is 1.19 bits per heavy atom. The van der Waals surface area contributed by atoms with Gasteiger partial charge in [-0.1, -0.05) is 24.3 Å². The molecular weight excluding hydrogens is 328 g/mol. The van der Waals surface area contributed by atoms with Crippen LogP contribution in [-0.2, 0) is 16.0 Å². The van der Waals surface area contributed by atoms with Crippen LogP contribution in [-0.4, -0.2) is 32.4 Å². The Morgan fingerprint density at radius 2 is 1.96 bits per heavy atom. The number of nitrogens with zero attached hydrogens (tertiary/aromatic N) is 2. The molecule has 138 valence electrons. The summed E-state index contributed by atoms with van der Waals surface area (Å²) in [5, 5.41) is 3.59. The lowest BCUT2D eigenvalue weighted by Crippen LogP contribution is -2.27. The number of ether oxygens (including phenoxy) is 1. The second kappa shape index (κ2) is 10.1. The highest BCUT2D eigenvalue weighted by Crippen LogP contribution is 2.18. The summed E-state index contributed by atoms with van der Waals surface area (Å²) in [6.07, 6.45) is 3.63. The highest BCUT2D eigenvalue weighted by molar-refractivity contribution is 5.81. The van der Waals surface area contributed by atoms with Gasteiger partial charge in [0, 0.05) is 30.9 Å². The summed E-state index contributed by atoms with van der Waals surface area (Å²) < 4.78 is 4.73. The summed E-state index contributed by atoms with van der Waals surface area (Å²) in [7, 11) is 1.41. The molecule has 0 aliphatic rings. The fourth-order valence-electron chi connectivity index (χ4n) is 2.72. The zero-order valence-corrected chi connectivity index (χ0v) is 15.1. The predicted octanol–water partition coefficient (Wildman–Crippen LogP) is 2.56. The summed E-state index contributed by atoms with van der Waals surface area (Å²) in [6, 6.07) is 15.9. The molecule has 0 aromatic heterocycles. The molecule has 0 spiro atoms. The first kappa shape index (κ1) is 19.3. The van der Waals surface area contributed by atoms with E-state index < -0.39 is 0 Å². The number of anilines is 2. The molecule has 26 heavy (non-hydrogen) atoms. The van der Waals surface area contributed by atoms with E-state index in [4.69, 9.17) is 16.3 Å².